The first kappa shape index (κ1) is 28.8. The largest absolute Gasteiger partial charge is 0.481 e. The van der Waals surface area contributed by atoms with Crippen LogP contribution in [-0.2, 0) is 19.1 Å². The molecule has 1 aliphatic heterocycles. The van der Waals surface area contributed by atoms with Crippen LogP contribution < -0.4 is 14.5 Å². The Morgan fingerprint density at radius 3 is 2.38 bits per heavy atom. The van der Waals surface area contributed by atoms with Gasteiger partial charge < -0.3 is 24.2 Å². The predicted molar refractivity (Wildman–Crippen MR) is 148 cm³/mol. The van der Waals surface area contributed by atoms with Gasteiger partial charge in [-0.05, 0) is 49.9 Å². The maximum Gasteiger partial charge on any atom is 0.306 e. The second-order valence-corrected chi connectivity index (χ2v) is 10.0. The van der Waals surface area contributed by atoms with E-state index in [9.17, 15) is 14.7 Å². The summed E-state index contributed by atoms with van der Waals surface area (Å²) in [7, 11) is 1.64. The number of rotatable bonds is 13. The van der Waals surface area contributed by atoms with Crippen molar-refractivity contribution in [1.29, 1.82) is 0 Å². The van der Waals surface area contributed by atoms with Gasteiger partial charge in [0.1, 0.15) is 11.6 Å². The first-order chi connectivity index (χ1) is 19.1. The first-order valence-electron chi connectivity index (χ1n) is 13.8. The lowest BCUT2D eigenvalue weighted by molar-refractivity contribution is -0.144. The Hall–Kier alpha value is -3.21. The number of aliphatic carboxylic acids is 1. The number of amides is 1. The van der Waals surface area contributed by atoms with Crippen molar-refractivity contribution in [2.45, 2.75) is 25.7 Å². The highest BCUT2D eigenvalue weighted by Gasteiger charge is 2.33. The quantitative estimate of drug-likeness (QED) is 0.303. The van der Waals surface area contributed by atoms with Crippen molar-refractivity contribution in [2.24, 2.45) is 11.8 Å². The number of pyridine rings is 1. The average Bonchev–Trinajstić information content (AvgIpc) is 2.98. The molecule has 0 spiro atoms. The van der Waals surface area contributed by atoms with E-state index in [2.05, 4.69) is 20.9 Å². The standard InChI is InChI=1S/C29H40N4O6/c1-37-20-21-38-22-39-26-7-3-2-6-25(26)32-17-14-31(15-18-32)16-19-33(27-8-4-5-13-30-27)28(34)23-9-11-24(12-10-23)29(35)36/h2-8,13,23-24H,9-12,14-22H2,1H3,(H,35,36)/t23-,24-. The lowest BCUT2D eigenvalue weighted by Crippen LogP contribution is -2.50. The number of piperazine rings is 1. The number of benzene rings is 1. The van der Waals surface area contributed by atoms with Gasteiger partial charge in [0.15, 0.2) is 6.79 Å². The topological polar surface area (TPSA) is 105 Å². The normalized spacial score (nSPS) is 20.0. The van der Waals surface area contributed by atoms with Gasteiger partial charge in [-0.2, -0.15) is 0 Å². The van der Waals surface area contributed by atoms with Gasteiger partial charge in [0, 0.05) is 58.5 Å². The van der Waals surface area contributed by atoms with Crippen molar-refractivity contribution in [3.05, 3.63) is 48.7 Å². The van der Waals surface area contributed by atoms with Crippen molar-refractivity contribution < 1.29 is 28.9 Å². The number of nitrogens with zero attached hydrogens (tertiary/aromatic N) is 4. The van der Waals surface area contributed by atoms with E-state index in [4.69, 9.17) is 14.2 Å². The average molecular weight is 541 g/mol. The molecule has 1 N–H and O–H groups in total. The van der Waals surface area contributed by atoms with Crippen molar-refractivity contribution >= 4 is 23.4 Å². The highest BCUT2D eigenvalue weighted by molar-refractivity contribution is 5.94. The van der Waals surface area contributed by atoms with E-state index < -0.39 is 5.97 Å². The number of ether oxygens (including phenoxy) is 3. The van der Waals surface area contributed by atoms with Gasteiger partial charge in [0.2, 0.25) is 5.91 Å². The first-order valence-corrected chi connectivity index (χ1v) is 13.8. The molecule has 10 heteroatoms. The van der Waals surface area contributed by atoms with E-state index in [1.165, 1.54) is 0 Å². The van der Waals surface area contributed by atoms with Gasteiger partial charge >= 0.3 is 5.97 Å². The molecule has 212 valence electrons. The summed E-state index contributed by atoms with van der Waals surface area (Å²) in [4.78, 5) is 35.8. The van der Waals surface area contributed by atoms with Crippen LogP contribution >= 0.6 is 0 Å². The third-order valence-electron chi connectivity index (χ3n) is 7.57. The minimum atomic E-state index is -0.758. The number of carbonyl (C=O) groups is 2. The van der Waals surface area contributed by atoms with Crippen molar-refractivity contribution in [1.82, 2.24) is 9.88 Å². The van der Waals surface area contributed by atoms with Gasteiger partial charge in [-0.25, -0.2) is 4.98 Å². The summed E-state index contributed by atoms with van der Waals surface area (Å²) in [6.45, 7) is 5.92. The Morgan fingerprint density at radius 1 is 0.974 bits per heavy atom. The van der Waals surface area contributed by atoms with Crippen LogP contribution in [0.4, 0.5) is 11.5 Å². The summed E-state index contributed by atoms with van der Waals surface area (Å²) in [5.41, 5.74) is 1.05. The van der Waals surface area contributed by atoms with Crippen LogP contribution in [0.25, 0.3) is 0 Å². The number of carbonyl (C=O) groups excluding carboxylic acids is 1. The third-order valence-corrected chi connectivity index (χ3v) is 7.57. The minimum absolute atomic E-state index is 0.0509. The van der Waals surface area contributed by atoms with Crippen LogP contribution in [0.5, 0.6) is 5.75 Å². The number of carboxylic acid groups (broad SMARTS) is 1. The van der Waals surface area contributed by atoms with Crippen LogP contribution in [0.1, 0.15) is 25.7 Å². The van der Waals surface area contributed by atoms with Crippen LogP contribution in [0.3, 0.4) is 0 Å². The van der Waals surface area contributed by atoms with Crippen molar-refractivity contribution in [3.63, 3.8) is 0 Å². The maximum atomic E-state index is 13.5. The predicted octanol–water partition coefficient (Wildman–Crippen LogP) is 3.13. The van der Waals surface area contributed by atoms with Crippen LogP contribution in [0.2, 0.25) is 0 Å². The number of para-hydroxylation sites is 2. The molecule has 39 heavy (non-hydrogen) atoms. The lowest BCUT2D eigenvalue weighted by atomic mass is 9.81. The molecule has 1 aromatic heterocycles. The van der Waals surface area contributed by atoms with E-state index in [-0.39, 0.29) is 24.5 Å². The number of hydrogen-bond donors (Lipinski definition) is 1. The Kier molecular flexibility index (Phi) is 10.9. The van der Waals surface area contributed by atoms with Crippen molar-refractivity contribution in [2.75, 3.05) is 76.2 Å². The fraction of sp³-hybridized carbons (Fsp3) is 0.552. The summed E-state index contributed by atoms with van der Waals surface area (Å²) >= 11 is 0. The second kappa shape index (κ2) is 14.8. The summed E-state index contributed by atoms with van der Waals surface area (Å²) in [5.74, 6) is 0.246. The van der Waals surface area contributed by atoms with Gasteiger partial charge in [-0.1, -0.05) is 18.2 Å². The number of methoxy groups -OCH3 is 1. The molecule has 1 aromatic carbocycles. The second-order valence-electron chi connectivity index (χ2n) is 10.0. The van der Waals surface area contributed by atoms with Gasteiger partial charge in [-0.3, -0.25) is 19.4 Å². The van der Waals surface area contributed by atoms with Crippen LogP contribution in [0, 0.1) is 11.8 Å². The Labute approximate surface area is 230 Å². The molecular weight excluding hydrogens is 500 g/mol. The Bertz CT molecular complexity index is 1040. The van der Waals surface area contributed by atoms with Gasteiger partial charge in [-0.15, -0.1) is 0 Å². The molecule has 1 amide bonds. The molecule has 0 bridgehead atoms. The Morgan fingerprint density at radius 2 is 1.69 bits per heavy atom. The molecule has 4 rings (SSSR count). The smallest absolute Gasteiger partial charge is 0.306 e. The van der Waals surface area contributed by atoms with E-state index in [1.54, 1.807) is 18.2 Å². The zero-order valence-corrected chi connectivity index (χ0v) is 22.7. The summed E-state index contributed by atoms with van der Waals surface area (Å²) in [5, 5.41) is 9.32. The molecule has 2 aromatic rings. The number of anilines is 2. The summed E-state index contributed by atoms with van der Waals surface area (Å²) < 4.78 is 16.3. The fourth-order valence-corrected chi connectivity index (χ4v) is 5.26. The third kappa shape index (κ3) is 8.14. The molecule has 2 aliphatic rings. The molecule has 1 saturated carbocycles. The van der Waals surface area contributed by atoms with Gasteiger partial charge in [0.05, 0.1) is 24.8 Å². The summed E-state index contributed by atoms with van der Waals surface area (Å²) in [6, 6.07) is 13.6. The highest BCUT2D eigenvalue weighted by atomic mass is 16.7. The highest BCUT2D eigenvalue weighted by Crippen LogP contribution is 2.32. The lowest BCUT2D eigenvalue weighted by Gasteiger charge is -2.38. The van der Waals surface area contributed by atoms with E-state index in [0.29, 0.717) is 51.3 Å². The van der Waals surface area contributed by atoms with Crippen LogP contribution in [-0.4, -0.2) is 93.3 Å². The van der Waals surface area contributed by atoms with Crippen LogP contribution in [0.15, 0.2) is 48.7 Å². The number of aromatic nitrogens is 1. The zero-order valence-electron chi connectivity index (χ0n) is 22.7. The number of carboxylic acids is 1. The molecule has 10 nitrogen and oxygen atoms in total. The zero-order chi connectivity index (χ0) is 27.5. The van der Waals surface area contributed by atoms with Crippen molar-refractivity contribution in [3.8, 4) is 5.75 Å². The maximum absolute atomic E-state index is 13.5. The van der Waals surface area contributed by atoms with E-state index >= 15 is 0 Å². The summed E-state index contributed by atoms with van der Waals surface area (Å²) in [6.07, 6.45) is 4.02. The minimum Gasteiger partial charge on any atom is -0.481 e. The fourth-order valence-electron chi connectivity index (χ4n) is 5.26. The van der Waals surface area contributed by atoms with E-state index in [1.807, 2.05) is 36.4 Å². The molecule has 0 atom stereocenters. The van der Waals surface area contributed by atoms with Gasteiger partial charge in [0.25, 0.3) is 0 Å². The molecule has 2 heterocycles. The SMILES string of the molecule is COCCOCOc1ccccc1N1CCN(CCN(c2ccccn2)C(=O)[C@H]2CC[C@H](C(=O)O)CC2)CC1. The number of hydrogen-bond acceptors (Lipinski definition) is 8. The molecule has 1 saturated heterocycles. The molecule has 0 unspecified atom stereocenters. The monoisotopic (exact) mass is 540 g/mol. The van der Waals surface area contributed by atoms with E-state index in [0.717, 1.165) is 44.2 Å². The Balaban J connectivity index is 1.30. The molecule has 2 fully saturated rings. The molecular formula is C29H40N4O6. The molecule has 0 radical (unpaired) electrons. The molecule has 1 aliphatic carbocycles.